The molecule has 0 aliphatic heterocycles. The Kier molecular flexibility index (Phi) is 5.82. The smallest absolute Gasteiger partial charge is 0.410 e. The second kappa shape index (κ2) is 8.86. The van der Waals surface area contributed by atoms with Gasteiger partial charge in [-0.1, -0.05) is 12.1 Å². The molecule has 5 rings (SSSR count). The summed E-state index contributed by atoms with van der Waals surface area (Å²) in [7, 11) is 3.35. The van der Waals surface area contributed by atoms with Crippen molar-refractivity contribution < 1.29 is 18.7 Å². The zero-order valence-electron chi connectivity index (χ0n) is 21.0. The van der Waals surface area contributed by atoms with Crippen LogP contribution in [0.2, 0.25) is 0 Å². The lowest BCUT2D eigenvalue weighted by Gasteiger charge is -2.29. The van der Waals surface area contributed by atoms with Gasteiger partial charge in [0.2, 0.25) is 0 Å². The molecule has 0 spiro atoms. The molecule has 0 radical (unpaired) electrons. The summed E-state index contributed by atoms with van der Waals surface area (Å²) >= 11 is 0. The number of fused-ring (bicyclic) bond motifs is 2. The number of oxazole rings is 1. The van der Waals surface area contributed by atoms with Gasteiger partial charge < -0.3 is 23.8 Å². The maximum atomic E-state index is 13.1. The summed E-state index contributed by atoms with van der Waals surface area (Å²) in [6, 6.07) is 11.2. The van der Waals surface area contributed by atoms with Crippen LogP contribution in [0.5, 0.6) is 5.75 Å². The molecule has 1 N–H and O–H groups in total. The van der Waals surface area contributed by atoms with Crippen LogP contribution in [-0.4, -0.2) is 40.7 Å². The van der Waals surface area contributed by atoms with Crippen LogP contribution in [0.4, 0.5) is 4.79 Å². The van der Waals surface area contributed by atoms with Gasteiger partial charge in [0.05, 0.1) is 30.4 Å². The number of ether oxygens (including phenoxy) is 2. The Morgan fingerprint density at radius 2 is 2.00 bits per heavy atom. The van der Waals surface area contributed by atoms with Gasteiger partial charge in [-0.2, -0.15) is 0 Å². The van der Waals surface area contributed by atoms with Crippen molar-refractivity contribution in [3.63, 3.8) is 0 Å². The van der Waals surface area contributed by atoms with Crippen LogP contribution in [-0.2, 0) is 11.2 Å². The maximum absolute atomic E-state index is 13.1. The van der Waals surface area contributed by atoms with Gasteiger partial charge in [0.25, 0.3) is 0 Å². The van der Waals surface area contributed by atoms with Gasteiger partial charge in [0, 0.05) is 30.3 Å². The molecule has 8 nitrogen and oxygen atoms in total. The fourth-order valence-corrected chi connectivity index (χ4v) is 4.75. The second-order valence-corrected chi connectivity index (χ2v) is 10.1. The van der Waals surface area contributed by atoms with Crippen molar-refractivity contribution in [1.29, 1.82) is 0 Å². The summed E-state index contributed by atoms with van der Waals surface area (Å²) in [5.74, 6) is 1.09. The number of rotatable bonds is 4. The molecule has 36 heavy (non-hydrogen) atoms. The van der Waals surface area contributed by atoms with E-state index < -0.39 is 5.60 Å². The van der Waals surface area contributed by atoms with Crippen molar-refractivity contribution in [2.24, 2.45) is 0 Å². The first kappa shape index (κ1) is 23.7. The van der Waals surface area contributed by atoms with E-state index in [9.17, 15) is 9.59 Å². The Balaban J connectivity index is 1.53. The normalized spacial score (nSPS) is 15.1. The molecule has 8 heteroatoms. The van der Waals surface area contributed by atoms with Crippen LogP contribution < -0.4 is 10.2 Å². The number of carbonyl (C=O) groups excluding carboxylic acids is 1. The monoisotopic (exact) mass is 487 g/mol. The lowest BCUT2D eigenvalue weighted by Crippen LogP contribution is -2.36. The molecule has 1 atom stereocenters. The zero-order chi connectivity index (χ0) is 25.6. The van der Waals surface area contributed by atoms with Gasteiger partial charge in [0.15, 0.2) is 17.6 Å². The first-order valence-corrected chi connectivity index (χ1v) is 11.9. The molecule has 0 saturated heterocycles. The number of aromatic nitrogens is 2. The molecule has 0 saturated carbocycles. The fraction of sp³-hybridized carbons (Fsp3) is 0.321. The van der Waals surface area contributed by atoms with Gasteiger partial charge >= 0.3 is 6.09 Å². The fourth-order valence-electron chi connectivity index (χ4n) is 4.75. The molecule has 186 valence electrons. The number of amides is 1. The summed E-state index contributed by atoms with van der Waals surface area (Å²) < 4.78 is 16.6. The van der Waals surface area contributed by atoms with E-state index in [1.54, 1.807) is 43.5 Å². The van der Waals surface area contributed by atoms with E-state index in [0.717, 1.165) is 24.0 Å². The predicted octanol–water partition coefficient (Wildman–Crippen LogP) is 5.71. The minimum absolute atomic E-state index is 0.0912. The van der Waals surface area contributed by atoms with E-state index in [0.29, 0.717) is 33.7 Å². The Morgan fingerprint density at radius 3 is 2.69 bits per heavy atom. The average molecular weight is 488 g/mol. The highest BCUT2D eigenvalue weighted by Gasteiger charge is 2.31. The summed E-state index contributed by atoms with van der Waals surface area (Å²) in [5.41, 5.74) is 4.46. The standard InChI is InChI=1S/C28H29N3O5/c1-28(2,3)36-27(33)31(4)23-9-8-16-6-7-17(10-18(16)23)21-12-24(32)19-11-20(26-14-29-15-35-26)25(34-5)13-22(19)30-21/h6-7,10-15,23H,8-9H2,1-5H3,(H,30,32). The minimum Gasteiger partial charge on any atom is -0.496 e. The highest BCUT2D eigenvalue weighted by Crippen LogP contribution is 2.38. The molecule has 2 aromatic heterocycles. The van der Waals surface area contributed by atoms with Crippen molar-refractivity contribution in [3.8, 4) is 28.3 Å². The van der Waals surface area contributed by atoms with Crippen LogP contribution >= 0.6 is 0 Å². The summed E-state index contributed by atoms with van der Waals surface area (Å²) in [4.78, 5) is 34.9. The third kappa shape index (κ3) is 4.34. The van der Waals surface area contributed by atoms with Gasteiger partial charge in [-0.3, -0.25) is 4.79 Å². The van der Waals surface area contributed by atoms with Crippen molar-refractivity contribution in [2.45, 2.75) is 45.3 Å². The number of hydrogen-bond donors (Lipinski definition) is 1. The van der Waals surface area contributed by atoms with Gasteiger partial charge in [-0.05, 0) is 62.4 Å². The molecule has 1 aliphatic rings. The van der Waals surface area contributed by atoms with Crippen LogP contribution in [0.15, 0.2) is 58.2 Å². The van der Waals surface area contributed by atoms with E-state index in [-0.39, 0.29) is 17.6 Å². The molecular formula is C28H29N3O5. The SMILES string of the molecule is COc1cc2[nH]c(-c3ccc4c(c3)C(N(C)C(=O)OC(C)(C)C)CC4)cc(=O)c2cc1-c1cnco1. The van der Waals surface area contributed by atoms with Gasteiger partial charge in [0.1, 0.15) is 11.4 Å². The Morgan fingerprint density at radius 1 is 1.19 bits per heavy atom. The number of pyridine rings is 1. The van der Waals surface area contributed by atoms with Crippen molar-refractivity contribution in [3.05, 3.63) is 70.3 Å². The van der Waals surface area contributed by atoms with E-state index in [4.69, 9.17) is 13.9 Å². The van der Waals surface area contributed by atoms with Crippen LogP contribution in [0, 0.1) is 0 Å². The minimum atomic E-state index is -0.562. The number of aryl methyl sites for hydroxylation is 1. The molecule has 1 aliphatic carbocycles. The van der Waals surface area contributed by atoms with Crippen LogP contribution in [0.3, 0.4) is 0 Å². The molecule has 2 heterocycles. The maximum Gasteiger partial charge on any atom is 0.410 e. The summed E-state index contributed by atoms with van der Waals surface area (Å²) in [5, 5.41) is 0.523. The molecule has 0 bridgehead atoms. The van der Waals surface area contributed by atoms with Crippen LogP contribution in [0.1, 0.15) is 44.4 Å². The van der Waals surface area contributed by atoms with Crippen molar-refractivity contribution in [2.75, 3.05) is 14.2 Å². The summed E-state index contributed by atoms with van der Waals surface area (Å²) in [6.07, 6.45) is 4.28. The largest absolute Gasteiger partial charge is 0.496 e. The van der Waals surface area contributed by atoms with E-state index in [1.807, 2.05) is 26.8 Å². The number of benzene rings is 2. The quantitative estimate of drug-likeness (QED) is 0.396. The van der Waals surface area contributed by atoms with E-state index in [1.165, 1.54) is 12.0 Å². The number of H-pyrrole nitrogens is 1. The zero-order valence-corrected chi connectivity index (χ0v) is 21.0. The van der Waals surface area contributed by atoms with Gasteiger partial charge in [-0.25, -0.2) is 9.78 Å². The highest BCUT2D eigenvalue weighted by molar-refractivity contribution is 5.88. The number of aromatic amines is 1. The molecule has 1 amide bonds. The third-order valence-corrected chi connectivity index (χ3v) is 6.50. The van der Waals surface area contributed by atoms with Crippen molar-refractivity contribution in [1.82, 2.24) is 14.9 Å². The Bertz CT molecular complexity index is 1500. The number of methoxy groups -OCH3 is 1. The third-order valence-electron chi connectivity index (χ3n) is 6.50. The van der Waals surface area contributed by atoms with E-state index in [2.05, 4.69) is 22.1 Å². The number of nitrogens with one attached hydrogen (secondary N) is 1. The number of hydrogen-bond acceptors (Lipinski definition) is 6. The van der Waals surface area contributed by atoms with Crippen LogP contribution in [0.25, 0.3) is 33.5 Å². The Hall–Kier alpha value is -4.07. The number of nitrogens with zero attached hydrogens (tertiary/aromatic N) is 2. The molecule has 4 aromatic rings. The molecular weight excluding hydrogens is 458 g/mol. The average Bonchev–Trinajstić information content (AvgIpc) is 3.51. The molecule has 1 unspecified atom stereocenters. The summed E-state index contributed by atoms with van der Waals surface area (Å²) in [6.45, 7) is 5.58. The Labute approximate surface area is 208 Å². The first-order chi connectivity index (χ1) is 17.1. The lowest BCUT2D eigenvalue weighted by molar-refractivity contribution is 0.0220. The second-order valence-electron chi connectivity index (χ2n) is 10.1. The first-order valence-electron chi connectivity index (χ1n) is 11.9. The molecule has 0 fully saturated rings. The highest BCUT2D eigenvalue weighted by atomic mass is 16.6. The molecule has 2 aromatic carbocycles. The van der Waals surface area contributed by atoms with Gasteiger partial charge in [-0.15, -0.1) is 0 Å². The van der Waals surface area contributed by atoms with E-state index >= 15 is 0 Å². The van der Waals surface area contributed by atoms with Crippen molar-refractivity contribution >= 4 is 17.0 Å². The predicted molar refractivity (Wildman–Crippen MR) is 137 cm³/mol. The number of carbonyl (C=O) groups is 1. The topological polar surface area (TPSA) is 97.7 Å². The lowest BCUT2D eigenvalue weighted by atomic mass is 10.0.